The molecule has 2 heterocycles. The summed E-state index contributed by atoms with van der Waals surface area (Å²) >= 11 is 0. The number of rotatable bonds is 2. The Balaban J connectivity index is 1.86. The molecule has 2 N–H and O–H groups in total. The lowest BCUT2D eigenvalue weighted by Crippen LogP contribution is -2.31. The number of hydrogen-bond donors (Lipinski definition) is 1. The van der Waals surface area contributed by atoms with Crippen molar-refractivity contribution < 1.29 is 0 Å². The monoisotopic (exact) mass is 218 g/mol. The number of anilines is 2. The van der Waals surface area contributed by atoms with E-state index in [9.17, 15) is 0 Å². The molecule has 16 heavy (non-hydrogen) atoms. The molecule has 0 spiro atoms. The van der Waals surface area contributed by atoms with Gasteiger partial charge >= 0.3 is 0 Å². The van der Waals surface area contributed by atoms with Gasteiger partial charge in [-0.05, 0) is 32.1 Å². The first kappa shape index (κ1) is 9.87. The summed E-state index contributed by atoms with van der Waals surface area (Å²) in [4.78, 5) is 11.3. The Hall–Kier alpha value is -1.32. The molecule has 1 saturated heterocycles. The zero-order valence-corrected chi connectivity index (χ0v) is 9.52. The van der Waals surface area contributed by atoms with Crippen LogP contribution in [-0.2, 0) is 0 Å². The zero-order chi connectivity index (χ0) is 11.0. The fourth-order valence-electron chi connectivity index (χ4n) is 2.30. The summed E-state index contributed by atoms with van der Waals surface area (Å²) < 4.78 is 0. The molecule has 4 nitrogen and oxygen atoms in total. The van der Waals surface area contributed by atoms with Crippen molar-refractivity contribution in [3.8, 4) is 0 Å². The van der Waals surface area contributed by atoms with Crippen LogP contribution in [0.2, 0.25) is 0 Å². The van der Waals surface area contributed by atoms with Crippen molar-refractivity contribution in [2.45, 2.75) is 38.0 Å². The van der Waals surface area contributed by atoms with Crippen molar-refractivity contribution >= 4 is 11.8 Å². The molecule has 1 saturated carbocycles. The van der Waals surface area contributed by atoms with Gasteiger partial charge in [0.2, 0.25) is 5.95 Å². The van der Waals surface area contributed by atoms with Gasteiger partial charge in [0, 0.05) is 25.1 Å². The second-order valence-electron chi connectivity index (χ2n) is 4.84. The van der Waals surface area contributed by atoms with E-state index in [1.54, 1.807) is 0 Å². The Morgan fingerprint density at radius 1 is 1.12 bits per heavy atom. The number of hydrogen-bond acceptors (Lipinski definition) is 4. The average molecular weight is 218 g/mol. The summed E-state index contributed by atoms with van der Waals surface area (Å²) in [6.07, 6.45) is 6.34. The number of nitrogens with two attached hydrogens (primary N) is 1. The van der Waals surface area contributed by atoms with E-state index in [0.29, 0.717) is 11.7 Å². The molecule has 0 aromatic carbocycles. The average Bonchev–Trinajstić information content (AvgIpc) is 3.13. The summed E-state index contributed by atoms with van der Waals surface area (Å²) in [5.41, 5.74) is 7.00. The number of nitrogen functional groups attached to an aromatic ring is 1. The Morgan fingerprint density at radius 2 is 1.88 bits per heavy atom. The minimum atomic E-state index is 0.623. The first-order valence-electron chi connectivity index (χ1n) is 6.22. The third-order valence-electron chi connectivity index (χ3n) is 3.39. The molecule has 4 heteroatoms. The Kier molecular flexibility index (Phi) is 2.42. The largest absolute Gasteiger partial charge is 0.384 e. The predicted molar refractivity (Wildman–Crippen MR) is 64.5 cm³/mol. The Morgan fingerprint density at radius 3 is 2.56 bits per heavy atom. The highest BCUT2D eigenvalue weighted by atomic mass is 15.3. The normalized spacial score (nSPS) is 21.1. The summed E-state index contributed by atoms with van der Waals surface area (Å²) in [6.45, 7) is 2.15. The van der Waals surface area contributed by atoms with Crippen LogP contribution < -0.4 is 10.6 Å². The fraction of sp³-hybridized carbons (Fsp3) is 0.667. The van der Waals surface area contributed by atoms with Crippen molar-refractivity contribution in [2.24, 2.45) is 0 Å². The summed E-state index contributed by atoms with van der Waals surface area (Å²) in [5.74, 6) is 2.12. The summed E-state index contributed by atoms with van der Waals surface area (Å²) in [5, 5.41) is 0. The lowest BCUT2D eigenvalue weighted by atomic mass is 10.1. The molecular formula is C12H18N4. The molecule has 3 rings (SSSR count). The Bertz CT molecular complexity index is 381. The molecule has 86 valence electrons. The van der Waals surface area contributed by atoms with Crippen LogP contribution >= 0.6 is 0 Å². The van der Waals surface area contributed by atoms with Crippen LogP contribution in [0.1, 0.15) is 43.7 Å². The first-order chi connectivity index (χ1) is 7.83. The van der Waals surface area contributed by atoms with Crippen LogP contribution in [-0.4, -0.2) is 23.1 Å². The topological polar surface area (TPSA) is 55.0 Å². The molecule has 0 atom stereocenters. The van der Waals surface area contributed by atoms with Gasteiger partial charge in [0.05, 0.1) is 5.69 Å². The summed E-state index contributed by atoms with van der Waals surface area (Å²) in [6, 6.07) is 1.94. The quantitative estimate of drug-likeness (QED) is 0.824. The van der Waals surface area contributed by atoms with Gasteiger partial charge in [0.25, 0.3) is 0 Å². The first-order valence-corrected chi connectivity index (χ1v) is 6.22. The molecular weight excluding hydrogens is 200 g/mol. The molecule has 0 unspecified atom stereocenters. The molecule has 2 aliphatic rings. The van der Waals surface area contributed by atoms with Crippen molar-refractivity contribution in [2.75, 3.05) is 23.7 Å². The lowest BCUT2D eigenvalue weighted by molar-refractivity contribution is 0.567. The van der Waals surface area contributed by atoms with E-state index in [0.717, 1.165) is 24.7 Å². The highest BCUT2D eigenvalue weighted by Crippen LogP contribution is 2.39. The van der Waals surface area contributed by atoms with Crippen LogP contribution in [0, 0.1) is 0 Å². The SMILES string of the molecule is Nc1cc(C2CC2)nc(N2CCCCC2)n1. The van der Waals surface area contributed by atoms with Gasteiger partial charge < -0.3 is 10.6 Å². The van der Waals surface area contributed by atoms with Crippen molar-refractivity contribution in [1.29, 1.82) is 0 Å². The molecule has 0 radical (unpaired) electrons. The minimum Gasteiger partial charge on any atom is -0.384 e. The molecule has 1 aliphatic heterocycles. The smallest absolute Gasteiger partial charge is 0.227 e. The highest BCUT2D eigenvalue weighted by molar-refractivity contribution is 5.42. The lowest BCUT2D eigenvalue weighted by Gasteiger charge is -2.27. The van der Waals surface area contributed by atoms with Gasteiger partial charge in [-0.2, -0.15) is 4.98 Å². The van der Waals surface area contributed by atoms with E-state index >= 15 is 0 Å². The zero-order valence-electron chi connectivity index (χ0n) is 9.52. The van der Waals surface area contributed by atoms with Gasteiger partial charge in [0.1, 0.15) is 5.82 Å². The standard InChI is InChI=1S/C12H18N4/c13-11-8-10(9-4-5-9)14-12(15-11)16-6-2-1-3-7-16/h8-9H,1-7H2,(H2,13,14,15). The van der Waals surface area contributed by atoms with E-state index in [1.165, 1.54) is 32.1 Å². The molecule has 1 aliphatic carbocycles. The maximum atomic E-state index is 5.85. The second-order valence-corrected chi connectivity index (χ2v) is 4.84. The third kappa shape index (κ3) is 1.96. The van der Waals surface area contributed by atoms with E-state index in [4.69, 9.17) is 5.73 Å². The van der Waals surface area contributed by atoms with Gasteiger partial charge in [-0.1, -0.05) is 0 Å². The van der Waals surface area contributed by atoms with Gasteiger partial charge in [-0.3, -0.25) is 0 Å². The molecule has 0 amide bonds. The van der Waals surface area contributed by atoms with Crippen LogP contribution in [0.25, 0.3) is 0 Å². The maximum absolute atomic E-state index is 5.85. The van der Waals surface area contributed by atoms with Crippen LogP contribution in [0.5, 0.6) is 0 Å². The number of aromatic nitrogens is 2. The van der Waals surface area contributed by atoms with Crippen LogP contribution in [0.3, 0.4) is 0 Å². The summed E-state index contributed by atoms with van der Waals surface area (Å²) in [7, 11) is 0. The van der Waals surface area contributed by atoms with Crippen molar-refractivity contribution in [3.63, 3.8) is 0 Å². The maximum Gasteiger partial charge on any atom is 0.227 e. The van der Waals surface area contributed by atoms with E-state index in [2.05, 4.69) is 14.9 Å². The van der Waals surface area contributed by atoms with Gasteiger partial charge in [0.15, 0.2) is 0 Å². The minimum absolute atomic E-state index is 0.623. The van der Waals surface area contributed by atoms with Crippen LogP contribution in [0.4, 0.5) is 11.8 Å². The van der Waals surface area contributed by atoms with Gasteiger partial charge in [-0.25, -0.2) is 4.98 Å². The van der Waals surface area contributed by atoms with E-state index < -0.39 is 0 Å². The Labute approximate surface area is 95.9 Å². The van der Waals surface area contributed by atoms with E-state index in [-0.39, 0.29) is 0 Å². The predicted octanol–water partition coefficient (Wildman–Crippen LogP) is 1.93. The second kappa shape index (κ2) is 3.92. The molecule has 1 aromatic rings. The third-order valence-corrected chi connectivity index (χ3v) is 3.39. The molecule has 2 fully saturated rings. The number of piperidine rings is 1. The van der Waals surface area contributed by atoms with Crippen molar-refractivity contribution in [1.82, 2.24) is 9.97 Å². The van der Waals surface area contributed by atoms with Crippen LogP contribution in [0.15, 0.2) is 6.07 Å². The molecule has 0 bridgehead atoms. The van der Waals surface area contributed by atoms with E-state index in [1.807, 2.05) is 6.07 Å². The highest BCUT2D eigenvalue weighted by Gasteiger charge is 2.26. The number of nitrogens with zero attached hydrogens (tertiary/aromatic N) is 3. The van der Waals surface area contributed by atoms with Crippen molar-refractivity contribution in [3.05, 3.63) is 11.8 Å². The fourth-order valence-corrected chi connectivity index (χ4v) is 2.30. The van der Waals surface area contributed by atoms with Gasteiger partial charge in [-0.15, -0.1) is 0 Å². The molecule has 1 aromatic heterocycles.